The van der Waals surface area contributed by atoms with E-state index in [2.05, 4.69) is 20.9 Å². The van der Waals surface area contributed by atoms with Crippen LogP contribution in [0.3, 0.4) is 0 Å². The summed E-state index contributed by atoms with van der Waals surface area (Å²) in [5.74, 6) is -0.580. The minimum Gasteiger partial charge on any atom is -0.466 e. The van der Waals surface area contributed by atoms with Crippen molar-refractivity contribution >= 4 is 33.5 Å². The molecule has 0 unspecified atom stereocenters. The van der Waals surface area contributed by atoms with Crippen LogP contribution in [0.25, 0.3) is 0 Å². The Morgan fingerprint density at radius 3 is 2.78 bits per heavy atom. The largest absolute Gasteiger partial charge is 0.466 e. The number of alkyl halides is 3. The van der Waals surface area contributed by atoms with Crippen molar-refractivity contribution in [3.05, 3.63) is 28.0 Å². The maximum absolute atomic E-state index is 12.8. The fourth-order valence-corrected chi connectivity index (χ4v) is 2.20. The molecule has 0 amide bonds. The van der Waals surface area contributed by atoms with E-state index in [0.717, 1.165) is 0 Å². The molecule has 7 heteroatoms. The van der Waals surface area contributed by atoms with E-state index in [0.29, 0.717) is 5.69 Å². The van der Waals surface area contributed by atoms with Gasteiger partial charge in [-0.25, -0.2) is 13.8 Å². The lowest BCUT2D eigenvalue weighted by molar-refractivity contribution is -0.142. The monoisotopic (exact) mass is 341 g/mol. The zero-order valence-electron chi connectivity index (χ0n) is 9.55. The van der Waals surface area contributed by atoms with Crippen LogP contribution in [0.5, 0.6) is 0 Å². The molecule has 0 saturated heterocycles. The summed E-state index contributed by atoms with van der Waals surface area (Å²) in [5, 5.41) is 0.515. The van der Waals surface area contributed by atoms with Gasteiger partial charge in [0.1, 0.15) is 5.69 Å². The second kappa shape index (κ2) is 6.99. The molecule has 0 aliphatic rings. The molecule has 0 radical (unpaired) electrons. The van der Waals surface area contributed by atoms with Crippen LogP contribution in [0, 0.1) is 0 Å². The van der Waals surface area contributed by atoms with Crippen molar-refractivity contribution in [2.45, 2.75) is 25.1 Å². The topological polar surface area (TPSA) is 39.2 Å². The summed E-state index contributed by atoms with van der Waals surface area (Å²) in [4.78, 5) is 15.1. The lowest BCUT2D eigenvalue weighted by atomic mass is 10.1. The van der Waals surface area contributed by atoms with Gasteiger partial charge in [0.25, 0.3) is 6.43 Å². The number of pyridine rings is 1. The van der Waals surface area contributed by atoms with Crippen molar-refractivity contribution in [1.82, 2.24) is 4.98 Å². The Hall–Kier alpha value is -0.750. The quantitative estimate of drug-likeness (QED) is 0.605. The molecular formula is C11H11BrClF2NO2. The Labute approximate surface area is 117 Å². The SMILES string of the molecule is CCOC(=O)Cc1cc(Cl)c(CBr)nc1C(F)F. The molecule has 0 saturated carbocycles. The number of carbonyl (C=O) groups excluding carboxylic acids is 1. The standard InChI is InChI=1S/C11H11BrClF2NO2/c1-2-18-9(17)4-6-3-7(13)8(5-12)16-10(6)11(14)15/h3,11H,2,4-5H2,1H3. The second-order valence-corrected chi connectivity index (χ2v) is 4.35. The van der Waals surface area contributed by atoms with Crippen LogP contribution in [0.15, 0.2) is 6.07 Å². The number of nitrogens with zero attached hydrogens (tertiary/aromatic N) is 1. The summed E-state index contributed by atoms with van der Waals surface area (Å²) in [6.07, 6.45) is -3.02. The summed E-state index contributed by atoms with van der Waals surface area (Å²) in [7, 11) is 0. The van der Waals surface area contributed by atoms with Gasteiger partial charge in [-0.3, -0.25) is 4.79 Å². The van der Waals surface area contributed by atoms with Gasteiger partial charge in [-0.15, -0.1) is 0 Å². The zero-order chi connectivity index (χ0) is 13.7. The average Bonchev–Trinajstić information content (AvgIpc) is 2.29. The Morgan fingerprint density at radius 1 is 1.61 bits per heavy atom. The number of rotatable bonds is 5. The Kier molecular flexibility index (Phi) is 5.95. The molecule has 0 spiro atoms. The average molecular weight is 343 g/mol. The molecular weight excluding hydrogens is 331 g/mol. The van der Waals surface area contributed by atoms with E-state index in [-0.39, 0.29) is 28.9 Å². The molecule has 1 aromatic heterocycles. The predicted molar refractivity (Wildman–Crippen MR) is 67.2 cm³/mol. The first-order valence-electron chi connectivity index (χ1n) is 5.17. The molecule has 0 aliphatic carbocycles. The van der Waals surface area contributed by atoms with E-state index in [1.54, 1.807) is 6.92 Å². The Balaban J connectivity index is 3.09. The van der Waals surface area contributed by atoms with E-state index in [1.807, 2.05) is 0 Å². The predicted octanol–water partition coefficient (Wildman–Crippen LogP) is 3.67. The molecule has 0 bridgehead atoms. The minimum atomic E-state index is -2.76. The highest BCUT2D eigenvalue weighted by molar-refractivity contribution is 9.08. The highest BCUT2D eigenvalue weighted by Gasteiger charge is 2.20. The van der Waals surface area contributed by atoms with Crippen molar-refractivity contribution in [2.24, 2.45) is 0 Å². The normalized spacial score (nSPS) is 10.8. The first kappa shape index (κ1) is 15.3. The molecule has 0 fully saturated rings. The van der Waals surface area contributed by atoms with Crippen molar-refractivity contribution in [3.8, 4) is 0 Å². The summed E-state index contributed by atoms with van der Waals surface area (Å²) >= 11 is 8.99. The molecule has 1 rings (SSSR count). The van der Waals surface area contributed by atoms with Gasteiger partial charge < -0.3 is 4.74 Å². The summed E-state index contributed by atoms with van der Waals surface area (Å²) in [6, 6.07) is 1.34. The second-order valence-electron chi connectivity index (χ2n) is 3.38. The van der Waals surface area contributed by atoms with Crippen LogP contribution >= 0.6 is 27.5 Å². The zero-order valence-corrected chi connectivity index (χ0v) is 11.9. The van der Waals surface area contributed by atoms with E-state index >= 15 is 0 Å². The smallest absolute Gasteiger partial charge is 0.310 e. The van der Waals surface area contributed by atoms with Crippen molar-refractivity contribution in [3.63, 3.8) is 0 Å². The van der Waals surface area contributed by atoms with Gasteiger partial charge in [0.2, 0.25) is 0 Å². The van der Waals surface area contributed by atoms with Crippen LogP contribution in [0.4, 0.5) is 8.78 Å². The van der Waals surface area contributed by atoms with Crippen molar-refractivity contribution in [2.75, 3.05) is 6.61 Å². The number of aromatic nitrogens is 1. The molecule has 100 valence electrons. The Bertz CT molecular complexity index is 443. The summed E-state index contributed by atoms with van der Waals surface area (Å²) < 4.78 is 30.4. The van der Waals surface area contributed by atoms with Crippen LogP contribution in [-0.2, 0) is 21.3 Å². The van der Waals surface area contributed by atoms with E-state index in [1.165, 1.54) is 6.07 Å². The van der Waals surface area contributed by atoms with E-state index in [9.17, 15) is 13.6 Å². The van der Waals surface area contributed by atoms with Gasteiger partial charge >= 0.3 is 5.97 Å². The van der Waals surface area contributed by atoms with Gasteiger partial charge in [-0.2, -0.15) is 0 Å². The fraction of sp³-hybridized carbons (Fsp3) is 0.455. The van der Waals surface area contributed by atoms with Gasteiger partial charge in [0, 0.05) is 5.33 Å². The number of halogens is 4. The van der Waals surface area contributed by atoms with Crippen LogP contribution in [0.1, 0.15) is 30.3 Å². The van der Waals surface area contributed by atoms with E-state index < -0.39 is 18.1 Å². The molecule has 1 heterocycles. The minimum absolute atomic E-state index is 0.0955. The third kappa shape index (κ3) is 3.88. The first-order valence-corrected chi connectivity index (χ1v) is 6.67. The lowest BCUT2D eigenvalue weighted by Crippen LogP contribution is -2.11. The summed E-state index contributed by atoms with van der Waals surface area (Å²) in [5.41, 5.74) is -0.0142. The van der Waals surface area contributed by atoms with Gasteiger partial charge in [-0.1, -0.05) is 27.5 Å². The number of esters is 1. The lowest BCUT2D eigenvalue weighted by Gasteiger charge is -2.10. The maximum Gasteiger partial charge on any atom is 0.310 e. The summed E-state index contributed by atoms with van der Waals surface area (Å²) in [6.45, 7) is 1.84. The number of ether oxygens (including phenoxy) is 1. The van der Waals surface area contributed by atoms with E-state index in [4.69, 9.17) is 16.3 Å². The van der Waals surface area contributed by atoms with Gasteiger partial charge in [0.05, 0.1) is 23.7 Å². The molecule has 1 aromatic rings. The van der Waals surface area contributed by atoms with Gasteiger partial charge in [0.15, 0.2) is 0 Å². The molecule has 3 nitrogen and oxygen atoms in total. The molecule has 0 aliphatic heterocycles. The van der Waals surface area contributed by atoms with Crippen LogP contribution in [-0.4, -0.2) is 17.6 Å². The van der Waals surface area contributed by atoms with Crippen LogP contribution < -0.4 is 0 Å². The number of hydrogen-bond acceptors (Lipinski definition) is 3. The van der Waals surface area contributed by atoms with Crippen LogP contribution in [0.2, 0.25) is 5.02 Å². The number of hydrogen-bond donors (Lipinski definition) is 0. The molecule has 0 N–H and O–H groups in total. The number of carbonyl (C=O) groups is 1. The van der Waals surface area contributed by atoms with Crippen molar-refractivity contribution < 1.29 is 18.3 Å². The third-order valence-corrected chi connectivity index (χ3v) is 2.99. The first-order chi connectivity index (χ1) is 8.49. The molecule has 0 aromatic carbocycles. The molecule has 18 heavy (non-hydrogen) atoms. The highest BCUT2D eigenvalue weighted by Crippen LogP contribution is 2.27. The third-order valence-electron chi connectivity index (χ3n) is 2.13. The molecule has 0 atom stereocenters. The maximum atomic E-state index is 12.8. The Morgan fingerprint density at radius 2 is 2.28 bits per heavy atom. The highest BCUT2D eigenvalue weighted by atomic mass is 79.9. The van der Waals surface area contributed by atoms with Gasteiger partial charge in [-0.05, 0) is 18.6 Å². The van der Waals surface area contributed by atoms with Crippen molar-refractivity contribution in [1.29, 1.82) is 0 Å². The fourth-order valence-electron chi connectivity index (χ4n) is 1.37.